The first kappa shape index (κ1) is 22.2. The van der Waals surface area contributed by atoms with Gasteiger partial charge in [-0.1, -0.05) is 42.5 Å². The second kappa shape index (κ2) is 9.22. The van der Waals surface area contributed by atoms with Crippen LogP contribution in [0, 0.1) is 5.92 Å². The average molecular weight is 447 g/mol. The zero-order valence-corrected chi connectivity index (χ0v) is 17.4. The molecule has 2 saturated heterocycles. The lowest BCUT2D eigenvalue weighted by Gasteiger charge is -2.47. The third-order valence-electron chi connectivity index (χ3n) is 6.11. The normalized spacial score (nSPS) is 22.8. The summed E-state index contributed by atoms with van der Waals surface area (Å²) in [6, 6.07) is 14.4. The molecule has 2 aliphatic heterocycles. The lowest BCUT2D eigenvalue weighted by Crippen LogP contribution is -2.55. The molecule has 5 nitrogen and oxygen atoms in total. The van der Waals surface area contributed by atoms with Crippen molar-refractivity contribution < 1.29 is 32.2 Å². The van der Waals surface area contributed by atoms with Gasteiger partial charge in [-0.15, -0.1) is 13.2 Å². The summed E-state index contributed by atoms with van der Waals surface area (Å²) in [4.78, 5) is 27.6. The Labute approximate surface area is 184 Å². The van der Waals surface area contributed by atoms with Gasteiger partial charge in [-0.25, -0.2) is 4.79 Å². The molecule has 2 heterocycles. The number of halogens is 3. The number of ketones is 1. The highest BCUT2D eigenvalue weighted by Gasteiger charge is 2.43. The van der Waals surface area contributed by atoms with E-state index < -0.39 is 12.1 Å². The zero-order valence-electron chi connectivity index (χ0n) is 17.4. The highest BCUT2D eigenvalue weighted by Crippen LogP contribution is 2.39. The Kier molecular flexibility index (Phi) is 6.39. The number of piperidine rings is 2. The van der Waals surface area contributed by atoms with E-state index in [1.165, 1.54) is 18.2 Å². The fraction of sp³-hybridized carbons (Fsp3) is 0.417. The number of hydrogen-bond acceptors (Lipinski definition) is 4. The summed E-state index contributed by atoms with van der Waals surface area (Å²) in [6.07, 6.45) is -1.73. The van der Waals surface area contributed by atoms with Crippen LogP contribution in [0.3, 0.4) is 0 Å². The molecule has 0 aliphatic carbocycles. The molecule has 0 spiro atoms. The van der Waals surface area contributed by atoms with Gasteiger partial charge in [-0.3, -0.25) is 4.79 Å². The molecule has 0 N–H and O–H groups in total. The minimum Gasteiger partial charge on any atom is -0.445 e. The van der Waals surface area contributed by atoms with E-state index in [0.29, 0.717) is 12.8 Å². The number of carbonyl (C=O) groups is 2. The molecule has 170 valence electrons. The highest BCUT2D eigenvalue weighted by atomic mass is 19.4. The van der Waals surface area contributed by atoms with E-state index in [4.69, 9.17) is 4.74 Å². The molecular weight excluding hydrogens is 423 g/mol. The maximum absolute atomic E-state index is 13.1. The van der Waals surface area contributed by atoms with Crippen molar-refractivity contribution in [2.45, 2.75) is 57.2 Å². The van der Waals surface area contributed by atoms with Crippen molar-refractivity contribution in [2.24, 2.45) is 5.92 Å². The molecular formula is C24H24F3NO4. The molecule has 32 heavy (non-hydrogen) atoms. The van der Waals surface area contributed by atoms with Crippen molar-refractivity contribution in [3.8, 4) is 5.75 Å². The lowest BCUT2D eigenvalue weighted by molar-refractivity contribution is -0.274. The van der Waals surface area contributed by atoms with Crippen molar-refractivity contribution in [3.63, 3.8) is 0 Å². The van der Waals surface area contributed by atoms with E-state index in [9.17, 15) is 22.8 Å². The molecule has 4 rings (SSSR count). The van der Waals surface area contributed by atoms with E-state index in [1.807, 2.05) is 30.3 Å². The minimum absolute atomic E-state index is 0.116. The van der Waals surface area contributed by atoms with Crippen molar-refractivity contribution in [1.82, 2.24) is 4.90 Å². The molecule has 2 aromatic carbocycles. The van der Waals surface area contributed by atoms with Gasteiger partial charge in [-0.05, 0) is 49.8 Å². The van der Waals surface area contributed by atoms with Crippen LogP contribution in [0.25, 0.3) is 0 Å². The Balaban J connectivity index is 1.42. The third-order valence-corrected chi connectivity index (χ3v) is 6.11. The summed E-state index contributed by atoms with van der Waals surface area (Å²) in [5.74, 6) is -0.984. The standard InChI is InChI=1S/C24H24F3NO4/c25-24(26,27)32-21-11-4-8-17(14-21)22(29)18-12-19-9-5-10-20(13-18)28(19)23(30)31-15-16-6-2-1-3-7-16/h1-4,6-8,11,14,18-20H,5,9-10,12-13,15H2. The average Bonchev–Trinajstić information content (AvgIpc) is 2.76. The Bertz CT molecular complexity index is 949. The predicted octanol–water partition coefficient (Wildman–Crippen LogP) is 5.74. The van der Waals surface area contributed by atoms with Gasteiger partial charge in [0.25, 0.3) is 0 Å². The maximum atomic E-state index is 13.1. The first-order chi connectivity index (χ1) is 15.3. The lowest BCUT2D eigenvalue weighted by atomic mass is 9.76. The number of benzene rings is 2. The predicted molar refractivity (Wildman–Crippen MR) is 110 cm³/mol. The monoisotopic (exact) mass is 447 g/mol. The SMILES string of the molecule is O=C(c1cccc(OC(F)(F)F)c1)C1CC2CCCC(C1)N2C(=O)OCc1ccccc1. The van der Waals surface area contributed by atoms with Gasteiger partial charge < -0.3 is 14.4 Å². The summed E-state index contributed by atoms with van der Waals surface area (Å²) in [6.45, 7) is 0.184. The number of hydrogen-bond donors (Lipinski definition) is 0. The van der Waals surface area contributed by atoms with Crippen molar-refractivity contribution in [1.29, 1.82) is 0 Å². The molecule has 1 amide bonds. The fourth-order valence-corrected chi connectivity index (χ4v) is 4.77. The number of ether oxygens (including phenoxy) is 2. The Morgan fingerprint density at radius 2 is 1.66 bits per heavy atom. The summed E-state index contributed by atoms with van der Waals surface area (Å²) in [5.41, 5.74) is 1.09. The van der Waals surface area contributed by atoms with Crippen molar-refractivity contribution in [2.75, 3.05) is 0 Å². The largest absolute Gasteiger partial charge is 0.573 e. The van der Waals surface area contributed by atoms with Crippen molar-refractivity contribution in [3.05, 3.63) is 65.7 Å². The number of carbonyl (C=O) groups excluding carboxylic acids is 2. The highest BCUT2D eigenvalue weighted by molar-refractivity contribution is 5.98. The van der Waals surface area contributed by atoms with Gasteiger partial charge in [0.1, 0.15) is 12.4 Å². The summed E-state index contributed by atoms with van der Waals surface area (Å²) >= 11 is 0. The quantitative estimate of drug-likeness (QED) is 0.549. The molecule has 2 aliphatic rings. The third kappa shape index (κ3) is 5.23. The Hall–Kier alpha value is -3.03. The minimum atomic E-state index is -4.82. The van der Waals surface area contributed by atoms with Gasteiger partial charge in [0, 0.05) is 23.6 Å². The van der Waals surface area contributed by atoms with Crippen molar-refractivity contribution >= 4 is 11.9 Å². The first-order valence-corrected chi connectivity index (χ1v) is 10.7. The van der Waals surface area contributed by atoms with Crippen LogP contribution in [-0.4, -0.2) is 35.2 Å². The summed E-state index contributed by atoms with van der Waals surface area (Å²) < 4.78 is 47.0. The molecule has 2 bridgehead atoms. The Morgan fingerprint density at radius 3 is 2.31 bits per heavy atom. The number of fused-ring (bicyclic) bond motifs is 2. The van der Waals surface area contributed by atoms with Crippen LogP contribution in [0.2, 0.25) is 0 Å². The number of rotatable bonds is 5. The van der Waals surface area contributed by atoms with Gasteiger partial charge in [0.05, 0.1) is 0 Å². The van der Waals surface area contributed by atoms with Gasteiger partial charge in [0.15, 0.2) is 5.78 Å². The zero-order chi connectivity index (χ0) is 22.7. The molecule has 2 aromatic rings. The van der Waals surface area contributed by atoms with Crippen LogP contribution in [0.4, 0.5) is 18.0 Å². The molecule has 8 heteroatoms. The van der Waals surface area contributed by atoms with Crippen LogP contribution >= 0.6 is 0 Å². The van der Waals surface area contributed by atoms with Crippen LogP contribution < -0.4 is 4.74 Å². The molecule has 2 unspecified atom stereocenters. The van der Waals surface area contributed by atoms with Crippen LogP contribution in [0.5, 0.6) is 5.75 Å². The van der Waals surface area contributed by atoms with E-state index in [1.54, 1.807) is 4.90 Å². The molecule has 2 fully saturated rings. The smallest absolute Gasteiger partial charge is 0.445 e. The topological polar surface area (TPSA) is 55.8 Å². The molecule has 2 atom stereocenters. The van der Waals surface area contributed by atoms with Crippen LogP contribution in [0.15, 0.2) is 54.6 Å². The van der Waals surface area contributed by atoms with E-state index in [-0.39, 0.29) is 42.0 Å². The number of alkyl halides is 3. The number of amides is 1. The van der Waals surface area contributed by atoms with Crippen LogP contribution in [0.1, 0.15) is 48.0 Å². The molecule has 0 aromatic heterocycles. The first-order valence-electron chi connectivity index (χ1n) is 10.7. The van der Waals surface area contributed by atoms with Gasteiger partial charge in [0.2, 0.25) is 0 Å². The van der Waals surface area contributed by atoms with E-state index in [0.717, 1.165) is 30.9 Å². The Morgan fingerprint density at radius 1 is 0.969 bits per heavy atom. The summed E-state index contributed by atoms with van der Waals surface area (Å²) in [5, 5.41) is 0. The summed E-state index contributed by atoms with van der Waals surface area (Å²) in [7, 11) is 0. The molecule has 0 saturated carbocycles. The second-order valence-electron chi connectivity index (χ2n) is 8.29. The van der Waals surface area contributed by atoms with E-state index >= 15 is 0 Å². The van der Waals surface area contributed by atoms with E-state index in [2.05, 4.69) is 4.74 Å². The molecule has 0 radical (unpaired) electrons. The fourth-order valence-electron chi connectivity index (χ4n) is 4.77. The van der Waals surface area contributed by atoms with Crippen LogP contribution in [-0.2, 0) is 11.3 Å². The van der Waals surface area contributed by atoms with Gasteiger partial charge in [-0.2, -0.15) is 0 Å². The number of Topliss-reactive ketones (excluding diaryl/α,β-unsaturated/α-hetero) is 1. The maximum Gasteiger partial charge on any atom is 0.573 e. The van der Waals surface area contributed by atoms with Gasteiger partial charge >= 0.3 is 12.5 Å². The second-order valence-corrected chi connectivity index (χ2v) is 8.29. The number of nitrogens with zero attached hydrogens (tertiary/aromatic N) is 1.